The van der Waals surface area contributed by atoms with Crippen LogP contribution in [0.5, 0.6) is 0 Å². The maximum Gasteiger partial charge on any atom is 0.335 e. The molecule has 4 aromatic rings. The number of hydrogen-bond donors (Lipinski definition) is 2. The Morgan fingerprint density at radius 2 is 1.80 bits per heavy atom. The van der Waals surface area contributed by atoms with Crippen molar-refractivity contribution in [2.75, 3.05) is 23.9 Å². The molecule has 0 bridgehead atoms. The lowest BCUT2D eigenvalue weighted by molar-refractivity contribution is 0.0697. The van der Waals surface area contributed by atoms with Gasteiger partial charge in [-0.25, -0.2) is 4.79 Å². The second-order valence-electron chi connectivity index (χ2n) is 8.57. The van der Waals surface area contributed by atoms with Crippen molar-refractivity contribution in [3.05, 3.63) is 108 Å². The van der Waals surface area contributed by atoms with Gasteiger partial charge in [0.25, 0.3) is 0 Å². The summed E-state index contributed by atoms with van der Waals surface area (Å²) < 4.78 is 2.02. The van der Waals surface area contributed by atoms with Crippen LogP contribution in [0.25, 0.3) is 5.69 Å². The molecule has 2 atom stereocenters. The smallest absolute Gasteiger partial charge is 0.335 e. The van der Waals surface area contributed by atoms with Gasteiger partial charge in [0.05, 0.1) is 17.3 Å². The normalized spacial score (nSPS) is 17.3. The molecule has 2 N–H and O–H groups in total. The molecule has 1 aliphatic rings. The average Bonchev–Trinajstić information content (AvgIpc) is 3.49. The van der Waals surface area contributed by atoms with Gasteiger partial charge in [0.2, 0.25) is 0 Å². The largest absolute Gasteiger partial charge is 0.478 e. The van der Waals surface area contributed by atoms with Gasteiger partial charge in [-0.05, 0) is 78.9 Å². The molecule has 0 spiro atoms. The minimum atomic E-state index is -0.960. The van der Waals surface area contributed by atoms with Crippen LogP contribution in [0.2, 0.25) is 0 Å². The number of carboxylic acids is 1. The van der Waals surface area contributed by atoms with Crippen molar-refractivity contribution in [2.24, 2.45) is 0 Å². The molecule has 0 unspecified atom stereocenters. The monoisotopic (exact) mass is 483 g/mol. The minimum Gasteiger partial charge on any atom is -0.478 e. The summed E-state index contributed by atoms with van der Waals surface area (Å²) in [6.45, 7) is 0. The van der Waals surface area contributed by atoms with E-state index >= 15 is 0 Å². The van der Waals surface area contributed by atoms with Crippen LogP contribution in [0.15, 0.2) is 91.3 Å². The van der Waals surface area contributed by atoms with Crippen LogP contribution in [-0.4, -0.2) is 39.8 Å². The highest BCUT2D eigenvalue weighted by molar-refractivity contribution is 7.80. The van der Waals surface area contributed by atoms with E-state index in [4.69, 9.17) is 12.2 Å². The van der Waals surface area contributed by atoms with Crippen molar-refractivity contribution in [1.29, 1.82) is 0 Å². The number of hydrogen-bond acceptors (Lipinski definition) is 4. The third-order valence-corrected chi connectivity index (χ3v) is 6.51. The maximum atomic E-state index is 11.6. The van der Waals surface area contributed by atoms with Gasteiger partial charge in [-0.2, -0.15) is 0 Å². The zero-order valence-corrected chi connectivity index (χ0v) is 20.2. The van der Waals surface area contributed by atoms with Crippen molar-refractivity contribution >= 4 is 34.7 Å². The van der Waals surface area contributed by atoms with Gasteiger partial charge >= 0.3 is 5.97 Å². The second-order valence-corrected chi connectivity index (χ2v) is 8.95. The molecule has 0 saturated carbocycles. The van der Waals surface area contributed by atoms with E-state index in [1.54, 1.807) is 24.4 Å². The highest BCUT2D eigenvalue weighted by atomic mass is 32.1. The van der Waals surface area contributed by atoms with Crippen LogP contribution in [0.4, 0.5) is 11.4 Å². The van der Waals surface area contributed by atoms with Gasteiger partial charge in [0.15, 0.2) is 5.11 Å². The Morgan fingerprint density at radius 3 is 2.49 bits per heavy atom. The van der Waals surface area contributed by atoms with E-state index in [0.29, 0.717) is 5.11 Å². The fraction of sp³-hybridized carbons (Fsp3) is 0.148. The Balaban J connectivity index is 1.64. The minimum absolute atomic E-state index is 0.200. The summed E-state index contributed by atoms with van der Waals surface area (Å²) in [4.78, 5) is 20.4. The number of aromatic carboxylic acids is 1. The third kappa shape index (κ3) is 4.24. The molecular weight excluding hydrogens is 458 g/mol. The van der Waals surface area contributed by atoms with E-state index in [1.165, 1.54) is 0 Å². The Bertz CT molecular complexity index is 1370. The number of thiocarbonyl (C=S) groups is 1. The molecule has 0 aliphatic carbocycles. The highest BCUT2D eigenvalue weighted by Gasteiger charge is 2.42. The molecule has 2 aromatic carbocycles. The molecule has 2 aromatic heterocycles. The first-order valence-electron chi connectivity index (χ1n) is 11.2. The number of nitrogens with one attached hydrogen (secondary N) is 1. The molecule has 5 rings (SSSR count). The van der Waals surface area contributed by atoms with E-state index in [9.17, 15) is 9.90 Å². The molecule has 0 radical (unpaired) electrons. The van der Waals surface area contributed by atoms with Gasteiger partial charge in [-0.1, -0.05) is 12.1 Å². The fourth-order valence-electron chi connectivity index (χ4n) is 4.50. The predicted molar refractivity (Wildman–Crippen MR) is 141 cm³/mol. The first kappa shape index (κ1) is 22.6. The number of rotatable bonds is 6. The van der Waals surface area contributed by atoms with Crippen molar-refractivity contribution in [3.8, 4) is 5.69 Å². The topological polar surface area (TPSA) is 73.6 Å². The lowest BCUT2D eigenvalue weighted by Crippen LogP contribution is -2.30. The lowest BCUT2D eigenvalue weighted by atomic mass is 10.0. The van der Waals surface area contributed by atoms with Crippen molar-refractivity contribution in [2.45, 2.75) is 12.1 Å². The molecule has 7 nitrogen and oxygen atoms in total. The van der Waals surface area contributed by atoms with Gasteiger partial charge in [-0.15, -0.1) is 0 Å². The number of anilines is 2. The predicted octanol–water partition coefficient (Wildman–Crippen LogP) is 4.81. The number of carbonyl (C=O) groups is 1. The van der Waals surface area contributed by atoms with Gasteiger partial charge < -0.3 is 24.8 Å². The highest BCUT2D eigenvalue weighted by Crippen LogP contribution is 2.42. The molecular formula is C27H25N5O2S. The number of pyridine rings is 1. The van der Waals surface area contributed by atoms with Crippen molar-refractivity contribution in [1.82, 2.24) is 14.9 Å². The number of nitrogens with zero attached hydrogens (tertiary/aromatic N) is 4. The van der Waals surface area contributed by atoms with Crippen LogP contribution in [-0.2, 0) is 0 Å². The van der Waals surface area contributed by atoms with E-state index in [1.807, 2.05) is 61.3 Å². The van der Waals surface area contributed by atoms with E-state index in [0.717, 1.165) is 28.5 Å². The zero-order chi connectivity index (χ0) is 24.5. The van der Waals surface area contributed by atoms with Gasteiger partial charge in [-0.3, -0.25) is 4.98 Å². The standard InChI is InChI=1S/C27H25N5O2S/c1-30(2)19-11-13-20(14-12-19)32-25(24(29-27(32)35)22-9-3-4-15-28-22)23-10-6-16-31(23)21-8-5-7-18(17-21)26(33)34/h3-17,24-25H,1-2H3,(H,29,35)(H,33,34)/t24-,25+/m0/s1. The molecule has 176 valence electrons. The third-order valence-electron chi connectivity index (χ3n) is 6.20. The number of carboxylic acid groups (broad SMARTS) is 1. The number of aromatic nitrogens is 2. The Kier molecular flexibility index (Phi) is 5.96. The Hall–Kier alpha value is -4.17. The second kappa shape index (κ2) is 9.23. The van der Waals surface area contributed by atoms with Crippen LogP contribution in [0.3, 0.4) is 0 Å². The quantitative estimate of drug-likeness (QED) is 0.381. The van der Waals surface area contributed by atoms with E-state index in [2.05, 4.69) is 44.4 Å². The summed E-state index contributed by atoms with van der Waals surface area (Å²) in [6, 6.07) is 24.6. The molecule has 35 heavy (non-hydrogen) atoms. The lowest BCUT2D eigenvalue weighted by Gasteiger charge is -2.29. The first-order chi connectivity index (χ1) is 16.9. The Morgan fingerprint density at radius 1 is 1.00 bits per heavy atom. The molecule has 8 heteroatoms. The Labute approximate surface area is 209 Å². The van der Waals surface area contributed by atoms with Crippen LogP contribution in [0.1, 0.15) is 33.8 Å². The van der Waals surface area contributed by atoms with Crippen LogP contribution in [0, 0.1) is 0 Å². The summed E-state index contributed by atoms with van der Waals surface area (Å²) >= 11 is 5.84. The zero-order valence-electron chi connectivity index (χ0n) is 19.4. The average molecular weight is 484 g/mol. The molecule has 1 fully saturated rings. The van der Waals surface area contributed by atoms with Crippen LogP contribution < -0.4 is 15.1 Å². The molecule has 1 aliphatic heterocycles. The SMILES string of the molecule is CN(C)c1ccc(N2C(=S)N[C@@H](c3ccccn3)[C@H]2c2cccn2-c2cccc(C(=O)O)c2)cc1. The summed E-state index contributed by atoms with van der Waals surface area (Å²) in [5.41, 5.74) is 4.90. The maximum absolute atomic E-state index is 11.6. The van der Waals surface area contributed by atoms with Crippen molar-refractivity contribution in [3.63, 3.8) is 0 Å². The summed E-state index contributed by atoms with van der Waals surface area (Å²) in [7, 11) is 4.02. The van der Waals surface area contributed by atoms with E-state index in [-0.39, 0.29) is 17.6 Å². The first-order valence-corrected chi connectivity index (χ1v) is 11.6. The summed E-state index contributed by atoms with van der Waals surface area (Å²) in [5.74, 6) is -0.960. The van der Waals surface area contributed by atoms with Gasteiger partial charge in [0.1, 0.15) is 6.04 Å². The summed E-state index contributed by atoms with van der Waals surface area (Å²) in [5, 5.41) is 13.6. The van der Waals surface area contributed by atoms with Gasteiger partial charge in [0, 0.05) is 49.2 Å². The molecule has 3 heterocycles. The van der Waals surface area contributed by atoms with Crippen molar-refractivity contribution < 1.29 is 9.90 Å². The fourth-order valence-corrected chi connectivity index (χ4v) is 4.85. The number of benzene rings is 2. The molecule has 1 saturated heterocycles. The van der Waals surface area contributed by atoms with Crippen LogP contribution >= 0.6 is 12.2 Å². The molecule has 0 amide bonds. The summed E-state index contributed by atoms with van der Waals surface area (Å²) in [6.07, 6.45) is 3.72. The van der Waals surface area contributed by atoms with E-state index < -0.39 is 5.97 Å².